The fourth-order valence-corrected chi connectivity index (χ4v) is 3.26. The van der Waals surface area contributed by atoms with Crippen LogP contribution < -0.4 is 14.8 Å². The van der Waals surface area contributed by atoms with E-state index in [2.05, 4.69) is 5.32 Å². The lowest BCUT2D eigenvalue weighted by Crippen LogP contribution is -2.51. The minimum atomic E-state index is -0.803. The van der Waals surface area contributed by atoms with Gasteiger partial charge < -0.3 is 19.5 Å². The monoisotopic (exact) mass is 318 g/mol. The Morgan fingerprint density at radius 2 is 1.91 bits per heavy atom. The summed E-state index contributed by atoms with van der Waals surface area (Å²) < 4.78 is 16.8. The fraction of sp³-hybridized carbons (Fsp3) is 0.500. The standard InChI is InChI=1S/C16H18N2O5/c19-14-16(5-7-21-8-6-16)17-15(20)18(14)9-11-10-22-12-3-1-2-4-13(12)23-11/h1-4,11H,5-10H2,(H,17,20). The molecule has 0 aromatic heterocycles. The van der Waals surface area contributed by atoms with E-state index in [0.717, 1.165) is 0 Å². The third kappa shape index (κ3) is 2.41. The number of carbonyl (C=O) groups excluding carboxylic acids is 2. The van der Waals surface area contributed by atoms with E-state index in [-0.39, 0.29) is 24.6 Å². The van der Waals surface area contributed by atoms with Crippen molar-refractivity contribution in [1.29, 1.82) is 0 Å². The molecule has 1 unspecified atom stereocenters. The van der Waals surface area contributed by atoms with Crippen molar-refractivity contribution in [2.75, 3.05) is 26.4 Å². The van der Waals surface area contributed by atoms with Crippen LogP contribution in [0.1, 0.15) is 12.8 Å². The SMILES string of the molecule is O=C1NC2(CCOCC2)C(=O)N1CC1COc2ccccc2O1. The van der Waals surface area contributed by atoms with Crippen molar-refractivity contribution in [3.05, 3.63) is 24.3 Å². The molecule has 1 aromatic rings. The second-order valence-electron chi connectivity index (χ2n) is 6.04. The molecule has 1 N–H and O–H groups in total. The number of hydrogen-bond donors (Lipinski definition) is 1. The van der Waals surface area contributed by atoms with Gasteiger partial charge in [0.2, 0.25) is 0 Å². The number of amides is 3. The van der Waals surface area contributed by atoms with E-state index in [9.17, 15) is 9.59 Å². The third-order valence-corrected chi connectivity index (χ3v) is 4.55. The van der Waals surface area contributed by atoms with Gasteiger partial charge >= 0.3 is 6.03 Å². The smallest absolute Gasteiger partial charge is 0.325 e. The highest BCUT2D eigenvalue weighted by molar-refractivity contribution is 6.07. The van der Waals surface area contributed by atoms with Crippen LogP contribution in [0, 0.1) is 0 Å². The van der Waals surface area contributed by atoms with Crippen molar-refractivity contribution in [3.8, 4) is 11.5 Å². The molecule has 2 saturated heterocycles. The number of hydrogen-bond acceptors (Lipinski definition) is 5. The van der Waals surface area contributed by atoms with Gasteiger partial charge in [0.15, 0.2) is 17.6 Å². The van der Waals surface area contributed by atoms with E-state index in [1.807, 2.05) is 24.3 Å². The van der Waals surface area contributed by atoms with Gasteiger partial charge in [-0.25, -0.2) is 4.79 Å². The largest absolute Gasteiger partial charge is 0.486 e. The van der Waals surface area contributed by atoms with Crippen LogP contribution in [0.4, 0.5) is 4.79 Å². The number of nitrogens with one attached hydrogen (secondary N) is 1. The lowest BCUT2D eigenvalue weighted by Gasteiger charge is -2.31. The summed E-state index contributed by atoms with van der Waals surface area (Å²) in [6, 6.07) is 7.01. The summed E-state index contributed by atoms with van der Waals surface area (Å²) in [5.41, 5.74) is -0.803. The molecule has 1 aromatic carbocycles. The van der Waals surface area contributed by atoms with Crippen molar-refractivity contribution in [2.24, 2.45) is 0 Å². The molecule has 0 aliphatic carbocycles. The van der Waals surface area contributed by atoms with Gasteiger partial charge in [-0.05, 0) is 12.1 Å². The molecule has 3 aliphatic heterocycles. The number of imide groups is 1. The zero-order chi connectivity index (χ0) is 15.9. The van der Waals surface area contributed by atoms with Crippen molar-refractivity contribution in [1.82, 2.24) is 10.2 Å². The Kier molecular flexibility index (Phi) is 3.37. The lowest BCUT2D eigenvalue weighted by molar-refractivity contribution is -0.135. The van der Waals surface area contributed by atoms with Crippen molar-refractivity contribution < 1.29 is 23.8 Å². The highest BCUT2D eigenvalue weighted by Gasteiger charge is 2.52. The Hall–Kier alpha value is -2.28. The topological polar surface area (TPSA) is 77.1 Å². The van der Waals surface area contributed by atoms with E-state index in [1.165, 1.54) is 4.90 Å². The van der Waals surface area contributed by atoms with Gasteiger partial charge in [0.05, 0.1) is 6.54 Å². The zero-order valence-corrected chi connectivity index (χ0v) is 12.6. The van der Waals surface area contributed by atoms with Crippen molar-refractivity contribution in [2.45, 2.75) is 24.5 Å². The molecule has 23 heavy (non-hydrogen) atoms. The lowest BCUT2D eigenvalue weighted by atomic mass is 9.90. The Balaban J connectivity index is 1.47. The summed E-state index contributed by atoms with van der Waals surface area (Å²) >= 11 is 0. The molecule has 3 heterocycles. The first-order valence-corrected chi connectivity index (χ1v) is 7.78. The van der Waals surface area contributed by atoms with Crippen molar-refractivity contribution in [3.63, 3.8) is 0 Å². The highest BCUT2D eigenvalue weighted by Crippen LogP contribution is 2.32. The van der Waals surface area contributed by atoms with Crippen LogP contribution in [-0.4, -0.2) is 54.8 Å². The maximum Gasteiger partial charge on any atom is 0.325 e. The highest BCUT2D eigenvalue weighted by atomic mass is 16.6. The molecular formula is C16H18N2O5. The number of ether oxygens (including phenoxy) is 3. The van der Waals surface area contributed by atoms with Gasteiger partial charge in [-0.3, -0.25) is 9.69 Å². The van der Waals surface area contributed by atoms with E-state index in [4.69, 9.17) is 14.2 Å². The summed E-state index contributed by atoms with van der Waals surface area (Å²) in [6.45, 7) is 1.46. The second-order valence-corrected chi connectivity index (χ2v) is 6.04. The fourth-order valence-electron chi connectivity index (χ4n) is 3.26. The first-order valence-electron chi connectivity index (χ1n) is 7.78. The molecular weight excluding hydrogens is 300 g/mol. The Morgan fingerprint density at radius 1 is 1.17 bits per heavy atom. The molecule has 3 aliphatic rings. The van der Waals surface area contributed by atoms with Crippen molar-refractivity contribution >= 4 is 11.9 Å². The first kappa shape index (κ1) is 14.3. The minimum absolute atomic E-state index is 0.182. The number of fused-ring (bicyclic) bond motifs is 1. The van der Waals surface area contributed by atoms with E-state index >= 15 is 0 Å². The molecule has 3 amide bonds. The average Bonchev–Trinajstić information content (AvgIpc) is 2.80. The van der Waals surface area contributed by atoms with Gasteiger partial charge in [0, 0.05) is 26.1 Å². The predicted molar refractivity (Wildman–Crippen MR) is 79.4 cm³/mol. The van der Waals surface area contributed by atoms with E-state index in [0.29, 0.717) is 44.2 Å². The maximum atomic E-state index is 12.7. The van der Waals surface area contributed by atoms with E-state index in [1.54, 1.807) is 0 Å². The molecule has 0 bridgehead atoms. The minimum Gasteiger partial charge on any atom is -0.486 e. The average molecular weight is 318 g/mol. The van der Waals surface area contributed by atoms with Crippen LogP contribution in [0.25, 0.3) is 0 Å². The van der Waals surface area contributed by atoms with E-state index < -0.39 is 5.54 Å². The molecule has 7 heteroatoms. The molecule has 4 rings (SSSR count). The van der Waals surface area contributed by atoms with Gasteiger partial charge in [-0.15, -0.1) is 0 Å². The molecule has 7 nitrogen and oxygen atoms in total. The van der Waals surface area contributed by atoms with Crippen LogP contribution >= 0.6 is 0 Å². The van der Waals surface area contributed by atoms with Crippen LogP contribution in [-0.2, 0) is 9.53 Å². The molecule has 122 valence electrons. The maximum absolute atomic E-state index is 12.7. The van der Waals surface area contributed by atoms with Gasteiger partial charge in [0.25, 0.3) is 5.91 Å². The molecule has 0 radical (unpaired) electrons. The quantitative estimate of drug-likeness (QED) is 0.821. The van der Waals surface area contributed by atoms with Crippen LogP contribution in [0.3, 0.4) is 0 Å². The number of para-hydroxylation sites is 2. The number of rotatable bonds is 2. The summed E-state index contributed by atoms with van der Waals surface area (Å²) in [4.78, 5) is 26.2. The molecule has 1 atom stereocenters. The first-order chi connectivity index (χ1) is 11.2. The molecule has 1 spiro atoms. The number of urea groups is 1. The summed E-state index contributed by atoms with van der Waals surface area (Å²) in [7, 11) is 0. The summed E-state index contributed by atoms with van der Waals surface area (Å²) in [6.07, 6.45) is 0.660. The predicted octanol–water partition coefficient (Wildman–Crippen LogP) is 0.927. The Morgan fingerprint density at radius 3 is 2.70 bits per heavy atom. The van der Waals surface area contributed by atoms with Crippen LogP contribution in [0.2, 0.25) is 0 Å². The van der Waals surface area contributed by atoms with Gasteiger partial charge in [0.1, 0.15) is 12.1 Å². The summed E-state index contributed by atoms with van der Waals surface area (Å²) in [5.74, 6) is 1.13. The Labute approximate surface area is 133 Å². The molecule has 0 saturated carbocycles. The number of nitrogens with zero attached hydrogens (tertiary/aromatic N) is 1. The summed E-state index contributed by atoms with van der Waals surface area (Å²) in [5, 5.41) is 2.84. The van der Waals surface area contributed by atoms with Crippen LogP contribution in [0.5, 0.6) is 11.5 Å². The van der Waals surface area contributed by atoms with Crippen LogP contribution in [0.15, 0.2) is 24.3 Å². The second kappa shape index (κ2) is 5.42. The Bertz CT molecular complexity index is 641. The van der Waals surface area contributed by atoms with Gasteiger partial charge in [-0.2, -0.15) is 0 Å². The number of carbonyl (C=O) groups is 2. The molecule has 2 fully saturated rings. The zero-order valence-electron chi connectivity index (χ0n) is 12.6. The van der Waals surface area contributed by atoms with Gasteiger partial charge in [-0.1, -0.05) is 12.1 Å². The normalized spacial score (nSPS) is 25.6. The third-order valence-electron chi connectivity index (χ3n) is 4.55. The number of benzene rings is 1.